The van der Waals surface area contributed by atoms with E-state index in [0.717, 1.165) is 5.56 Å². The van der Waals surface area contributed by atoms with E-state index in [1.54, 1.807) is 32.3 Å². The van der Waals surface area contributed by atoms with Crippen molar-refractivity contribution >= 4 is 5.97 Å². The van der Waals surface area contributed by atoms with Crippen LogP contribution in [0.4, 0.5) is 0 Å². The summed E-state index contributed by atoms with van der Waals surface area (Å²) < 4.78 is 4.89. The van der Waals surface area contributed by atoms with Crippen LogP contribution < -0.4 is 0 Å². The molecule has 0 bridgehead atoms. The summed E-state index contributed by atoms with van der Waals surface area (Å²) in [5.74, 6) is -0.485. The highest BCUT2D eigenvalue weighted by Gasteiger charge is 2.35. The molecule has 0 radical (unpaired) electrons. The lowest BCUT2D eigenvalue weighted by atomic mass is 9.86. The minimum atomic E-state index is -1.14. The molecule has 1 unspecified atom stereocenters. The number of esters is 1. The Morgan fingerprint density at radius 1 is 1.69 bits per heavy atom. The molecule has 4 nitrogen and oxygen atoms in total. The molecule has 1 aromatic heterocycles. The number of carbonyl (C=O) groups excluding carboxylic acids is 1. The zero-order valence-corrected chi connectivity index (χ0v) is 9.43. The van der Waals surface area contributed by atoms with Crippen LogP contribution in [0.2, 0.25) is 0 Å². The van der Waals surface area contributed by atoms with Crippen molar-refractivity contribution in [1.82, 2.24) is 4.98 Å². The van der Waals surface area contributed by atoms with Crippen LogP contribution in [0.5, 0.6) is 0 Å². The number of pyridine rings is 1. The van der Waals surface area contributed by atoms with E-state index in [9.17, 15) is 4.79 Å². The van der Waals surface area contributed by atoms with Gasteiger partial charge in [-0.05, 0) is 25.5 Å². The van der Waals surface area contributed by atoms with Crippen molar-refractivity contribution in [3.05, 3.63) is 30.1 Å². The molecular formula is C12H14N2O2. The molecule has 0 spiro atoms. The maximum Gasteiger partial charge on any atom is 0.326 e. The van der Waals surface area contributed by atoms with Gasteiger partial charge in [0.05, 0.1) is 12.7 Å². The third kappa shape index (κ3) is 2.80. The summed E-state index contributed by atoms with van der Waals surface area (Å²) in [5, 5.41) is 9.07. The standard InChI is InChI=1S/C12H14N2O2/c1-3-16-11(15)12(2,9-13)7-10-5-4-6-14-8-10/h4-6,8H,3,7H2,1-2H3. The van der Waals surface area contributed by atoms with E-state index in [1.807, 2.05) is 12.1 Å². The fourth-order valence-electron chi connectivity index (χ4n) is 1.36. The van der Waals surface area contributed by atoms with Crippen molar-refractivity contribution in [3.8, 4) is 6.07 Å². The lowest BCUT2D eigenvalue weighted by Crippen LogP contribution is -2.30. The highest BCUT2D eigenvalue weighted by Crippen LogP contribution is 2.23. The number of carbonyl (C=O) groups is 1. The van der Waals surface area contributed by atoms with Gasteiger partial charge in [0.2, 0.25) is 0 Å². The molecule has 84 valence electrons. The topological polar surface area (TPSA) is 63.0 Å². The van der Waals surface area contributed by atoms with Gasteiger partial charge in [-0.2, -0.15) is 5.26 Å². The summed E-state index contributed by atoms with van der Waals surface area (Å²) in [7, 11) is 0. The average Bonchev–Trinajstić information content (AvgIpc) is 2.30. The van der Waals surface area contributed by atoms with Crippen LogP contribution in [0.3, 0.4) is 0 Å². The van der Waals surface area contributed by atoms with E-state index >= 15 is 0 Å². The second-order valence-electron chi connectivity index (χ2n) is 3.70. The minimum absolute atomic E-state index is 0.281. The Morgan fingerprint density at radius 2 is 2.44 bits per heavy atom. The monoisotopic (exact) mass is 218 g/mol. The number of hydrogen-bond acceptors (Lipinski definition) is 4. The first-order chi connectivity index (χ1) is 7.62. The zero-order valence-electron chi connectivity index (χ0n) is 9.43. The molecule has 4 heteroatoms. The van der Waals surface area contributed by atoms with E-state index in [0.29, 0.717) is 6.42 Å². The second kappa shape index (κ2) is 5.26. The first-order valence-corrected chi connectivity index (χ1v) is 5.10. The summed E-state index contributed by atoms with van der Waals surface area (Å²) in [6, 6.07) is 5.62. The van der Waals surface area contributed by atoms with Gasteiger partial charge in [-0.3, -0.25) is 9.78 Å². The lowest BCUT2D eigenvalue weighted by molar-refractivity contribution is -0.151. The van der Waals surface area contributed by atoms with Gasteiger partial charge in [0.25, 0.3) is 0 Å². The van der Waals surface area contributed by atoms with Crippen molar-refractivity contribution in [2.24, 2.45) is 5.41 Å². The lowest BCUT2D eigenvalue weighted by Gasteiger charge is -2.18. The van der Waals surface area contributed by atoms with E-state index in [4.69, 9.17) is 10.00 Å². The van der Waals surface area contributed by atoms with Gasteiger partial charge in [-0.25, -0.2) is 0 Å². The van der Waals surface area contributed by atoms with E-state index in [2.05, 4.69) is 4.98 Å². The highest BCUT2D eigenvalue weighted by molar-refractivity contribution is 5.79. The van der Waals surface area contributed by atoms with Crippen LogP contribution in [0.15, 0.2) is 24.5 Å². The Hall–Kier alpha value is -1.89. The predicted molar refractivity (Wildman–Crippen MR) is 58.3 cm³/mol. The molecule has 1 aromatic rings. The van der Waals surface area contributed by atoms with E-state index in [1.165, 1.54) is 0 Å². The van der Waals surface area contributed by atoms with Gasteiger partial charge in [0.1, 0.15) is 0 Å². The van der Waals surface area contributed by atoms with Gasteiger partial charge in [-0.15, -0.1) is 0 Å². The van der Waals surface area contributed by atoms with E-state index < -0.39 is 11.4 Å². The number of ether oxygens (including phenoxy) is 1. The molecule has 0 aliphatic heterocycles. The van der Waals surface area contributed by atoms with Crippen molar-refractivity contribution in [3.63, 3.8) is 0 Å². The number of nitrogens with zero attached hydrogens (tertiary/aromatic N) is 2. The van der Waals surface area contributed by atoms with Crippen LogP contribution >= 0.6 is 0 Å². The molecule has 0 amide bonds. The quantitative estimate of drug-likeness (QED) is 0.722. The smallest absolute Gasteiger partial charge is 0.326 e. The van der Waals surface area contributed by atoms with Crippen LogP contribution in [0.1, 0.15) is 19.4 Å². The average molecular weight is 218 g/mol. The van der Waals surface area contributed by atoms with Gasteiger partial charge in [0.15, 0.2) is 5.41 Å². The Labute approximate surface area is 94.9 Å². The fourth-order valence-corrected chi connectivity index (χ4v) is 1.36. The Bertz CT molecular complexity index is 397. The van der Waals surface area contributed by atoms with Gasteiger partial charge < -0.3 is 4.74 Å². The van der Waals surface area contributed by atoms with Crippen LogP contribution in [0, 0.1) is 16.7 Å². The second-order valence-corrected chi connectivity index (χ2v) is 3.70. The predicted octanol–water partition coefficient (Wildman–Crippen LogP) is 1.72. The van der Waals surface area contributed by atoms with Crippen LogP contribution in [0.25, 0.3) is 0 Å². The summed E-state index contributed by atoms with van der Waals surface area (Å²) in [6.45, 7) is 3.58. The maximum absolute atomic E-state index is 11.6. The number of aromatic nitrogens is 1. The first-order valence-electron chi connectivity index (χ1n) is 5.10. The number of hydrogen-bond donors (Lipinski definition) is 0. The molecule has 1 heterocycles. The highest BCUT2D eigenvalue weighted by atomic mass is 16.5. The summed E-state index contributed by atoms with van der Waals surface area (Å²) in [6.07, 6.45) is 3.61. The third-order valence-corrected chi connectivity index (χ3v) is 2.25. The zero-order chi connectivity index (χ0) is 12.0. The molecule has 0 aliphatic rings. The summed E-state index contributed by atoms with van der Waals surface area (Å²) in [4.78, 5) is 15.6. The van der Waals surface area contributed by atoms with Crippen LogP contribution in [-0.4, -0.2) is 17.6 Å². The largest absolute Gasteiger partial charge is 0.465 e. The Kier molecular flexibility index (Phi) is 4.01. The first kappa shape index (κ1) is 12.2. The van der Waals surface area contributed by atoms with Gasteiger partial charge in [0, 0.05) is 18.8 Å². The molecule has 0 fully saturated rings. The number of nitriles is 1. The molecule has 0 aliphatic carbocycles. The maximum atomic E-state index is 11.6. The SMILES string of the molecule is CCOC(=O)C(C)(C#N)Cc1cccnc1. The van der Waals surface area contributed by atoms with Gasteiger partial charge in [-0.1, -0.05) is 6.07 Å². The van der Waals surface area contributed by atoms with Crippen molar-refractivity contribution in [1.29, 1.82) is 5.26 Å². The minimum Gasteiger partial charge on any atom is -0.465 e. The van der Waals surface area contributed by atoms with Crippen molar-refractivity contribution in [2.75, 3.05) is 6.61 Å². The molecule has 0 saturated heterocycles. The van der Waals surface area contributed by atoms with E-state index in [-0.39, 0.29) is 6.61 Å². The van der Waals surface area contributed by atoms with Gasteiger partial charge >= 0.3 is 5.97 Å². The normalized spacial score (nSPS) is 13.6. The fraction of sp³-hybridized carbons (Fsp3) is 0.417. The molecule has 16 heavy (non-hydrogen) atoms. The molecule has 1 atom stereocenters. The Balaban J connectivity index is 2.83. The summed E-state index contributed by atoms with van der Waals surface area (Å²) >= 11 is 0. The molecule has 1 rings (SSSR count). The number of rotatable bonds is 4. The molecular weight excluding hydrogens is 204 g/mol. The van der Waals surface area contributed by atoms with Crippen molar-refractivity contribution in [2.45, 2.75) is 20.3 Å². The molecule has 0 N–H and O–H groups in total. The third-order valence-electron chi connectivity index (χ3n) is 2.25. The van der Waals surface area contributed by atoms with Crippen molar-refractivity contribution < 1.29 is 9.53 Å². The van der Waals surface area contributed by atoms with Crippen LogP contribution in [-0.2, 0) is 16.0 Å². The molecule has 0 saturated carbocycles. The Morgan fingerprint density at radius 3 is 2.94 bits per heavy atom. The molecule has 0 aromatic carbocycles. The summed E-state index contributed by atoms with van der Waals surface area (Å²) in [5.41, 5.74) is -0.293.